The molecule has 3 aromatic carbocycles. The standard InChI is InChI=1S/C31H38N2O3/c1-6-24(4)32-31(35)29(19-25-11-8-7-9-12-25)33(21-27-13-10-14-28(18-27)36-5)30(34)20-26-16-15-22(2)23(3)17-26/h7-18,24,29H,6,19-21H2,1-5H3,(H,32,35)/t24-,29+/m1/s1. The van der Waals surface area contributed by atoms with E-state index >= 15 is 0 Å². The van der Waals surface area contributed by atoms with E-state index in [1.165, 1.54) is 5.56 Å². The molecule has 0 spiro atoms. The minimum absolute atomic E-state index is 0.0179. The van der Waals surface area contributed by atoms with Crippen LogP contribution in [-0.2, 0) is 29.0 Å². The van der Waals surface area contributed by atoms with Gasteiger partial charge in [0.05, 0.1) is 13.5 Å². The number of methoxy groups -OCH3 is 1. The summed E-state index contributed by atoms with van der Waals surface area (Å²) in [5.74, 6) is 0.503. The molecule has 0 bridgehead atoms. The van der Waals surface area contributed by atoms with E-state index in [2.05, 4.69) is 25.2 Å². The van der Waals surface area contributed by atoms with Gasteiger partial charge in [-0.25, -0.2) is 0 Å². The SMILES string of the molecule is CC[C@@H](C)NC(=O)[C@H](Cc1ccccc1)N(Cc1cccc(OC)c1)C(=O)Cc1ccc(C)c(C)c1. The zero-order chi connectivity index (χ0) is 26.1. The molecular formula is C31H38N2O3. The van der Waals surface area contributed by atoms with E-state index in [1.807, 2.05) is 80.6 Å². The molecule has 3 aromatic rings. The first-order valence-corrected chi connectivity index (χ1v) is 12.6. The molecule has 0 aliphatic rings. The van der Waals surface area contributed by atoms with Crippen LogP contribution < -0.4 is 10.1 Å². The van der Waals surface area contributed by atoms with Gasteiger partial charge < -0.3 is 15.0 Å². The summed E-state index contributed by atoms with van der Waals surface area (Å²) in [6, 6.07) is 23.0. The summed E-state index contributed by atoms with van der Waals surface area (Å²) < 4.78 is 5.40. The van der Waals surface area contributed by atoms with Crippen LogP contribution in [-0.4, -0.2) is 35.9 Å². The summed E-state index contributed by atoms with van der Waals surface area (Å²) in [5.41, 5.74) is 5.21. The second-order valence-corrected chi connectivity index (χ2v) is 9.49. The quantitative estimate of drug-likeness (QED) is 0.394. The first-order chi connectivity index (χ1) is 17.3. The molecule has 36 heavy (non-hydrogen) atoms. The fourth-order valence-electron chi connectivity index (χ4n) is 4.15. The Labute approximate surface area is 215 Å². The van der Waals surface area contributed by atoms with Gasteiger partial charge in [0.15, 0.2) is 0 Å². The van der Waals surface area contributed by atoms with Crippen molar-refractivity contribution in [3.63, 3.8) is 0 Å². The predicted octanol–water partition coefficient (Wildman–Crippen LogP) is 5.41. The number of carbonyl (C=O) groups excluding carboxylic acids is 2. The van der Waals surface area contributed by atoms with Crippen LogP contribution in [0.5, 0.6) is 5.75 Å². The van der Waals surface area contributed by atoms with Crippen molar-refractivity contribution in [2.75, 3.05) is 7.11 Å². The first-order valence-electron chi connectivity index (χ1n) is 12.6. The molecule has 5 nitrogen and oxygen atoms in total. The average molecular weight is 487 g/mol. The number of nitrogens with zero attached hydrogens (tertiary/aromatic N) is 1. The van der Waals surface area contributed by atoms with Crippen molar-refractivity contribution in [2.45, 2.75) is 65.6 Å². The van der Waals surface area contributed by atoms with Crippen molar-refractivity contribution in [2.24, 2.45) is 0 Å². The number of ether oxygens (including phenoxy) is 1. The molecule has 0 saturated heterocycles. The van der Waals surface area contributed by atoms with Crippen molar-refractivity contribution in [3.05, 3.63) is 101 Å². The lowest BCUT2D eigenvalue weighted by atomic mass is 10.00. The number of aryl methyl sites for hydroxylation is 2. The van der Waals surface area contributed by atoms with Crippen LogP contribution in [0.15, 0.2) is 72.8 Å². The lowest BCUT2D eigenvalue weighted by Gasteiger charge is -2.32. The minimum atomic E-state index is -0.647. The Balaban J connectivity index is 1.99. The summed E-state index contributed by atoms with van der Waals surface area (Å²) in [4.78, 5) is 29.2. The van der Waals surface area contributed by atoms with Crippen molar-refractivity contribution >= 4 is 11.8 Å². The van der Waals surface area contributed by atoms with Crippen LogP contribution in [0.3, 0.4) is 0 Å². The van der Waals surface area contributed by atoms with Crippen LogP contribution >= 0.6 is 0 Å². The topological polar surface area (TPSA) is 58.6 Å². The molecule has 0 heterocycles. The third kappa shape index (κ3) is 7.45. The van der Waals surface area contributed by atoms with Gasteiger partial charge in [0.25, 0.3) is 0 Å². The molecule has 0 aromatic heterocycles. The highest BCUT2D eigenvalue weighted by Crippen LogP contribution is 2.20. The maximum absolute atomic E-state index is 13.9. The van der Waals surface area contributed by atoms with Gasteiger partial charge in [-0.2, -0.15) is 0 Å². The van der Waals surface area contributed by atoms with Gasteiger partial charge in [-0.3, -0.25) is 9.59 Å². The fourth-order valence-corrected chi connectivity index (χ4v) is 4.15. The van der Waals surface area contributed by atoms with Crippen LogP contribution in [0.4, 0.5) is 0 Å². The third-order valence-electron chi connectivity index (χ3n) is 6.69. The molecule has 0 aliphatic heterocycles. The second-order valence-electron chi connectivity index (χ2n) is 9.49. The molecule has 3 rings (SSSR count). The third-order valence-corrected chi connectivity index (χ3v) is 6.69. The maximum atomic E-state index is 13.9. The largest absolute Gasteiger partial charge is 0.497 e. The number of hydrogen-bond acceptors (Lipinski definition) is 3. The molecule has 1 N–H and O–H groups in total. The zero-order valence-electron chi connectivity index (χ0n) is 22.1. The maximum Gasteiger partial charge on any atom is 0.243 e. The number of carbonyl (C=O) groups is 2. The van der Waals surface area contributed by atoms with Gasteiger partial charge in [-0.05, 0) is 67.1 Å². The van der Waals surface area contributed by atoms with E-state index in [0.717, 1.165) is 34.4 Å². The number of hydrogen-bond donors (Lipinski definition) is 1. The van der Waals surface area contributed by atoms with Crippen molar-refractivity contribution < 1.29 is 14.3 Å². The Morgan fingerprint density at radius 2 is 1.61 bits per heavy atom. The summed E-state index contributed by atoms with van der Waals surface area (Å²) in [6.45, 7) is 8.45. The smallest absolute Gasteiger partial charge is 0.243 e. The predicted molar refractivity (Wildman–Crippen MR) is 145 cm³/mol. The van der Waals surface area contributed by atoms with E-state index in [4.69, 9.17) is 4.74 Å². The molecule has 0 saturated carbocycles. The zero-order valence-corrected chi connectivity index (χ0v) is 22.1. The molecule has 0 fully saturated rings. The highest BCUT2D eigenvalue weighted by Gasteiger charge is 2.31. The summed E-state index contributed by atoms with van der Waals surface area (Å²) in [6.07, 6.45) is 1.48. The number of benzene rings is 3. The molecule has 0 aliphatic carbocycles. The Morgan fingerprint density at radius 1 is 0.889 bits per heavy atom. The lowest BCUT2D eigenvalue weighted by molar-refractivity contribution is -0.141. The molecule has 5 heteroatoms. The number of rotatable bonds is 11. The fraction of sp³-hybridized carbons (Fsp3) is 0.355. The van der Waals surface area contributed by atoms with Crippen LogP contribution in [0.2, 0.25) is 0 Å². The van der Waals surface area contributed by atoms with Crippen molar-refractivity contribution in [1.82, 2.24) is 10.2 Å². The Morgan fingerprint density at radius 3 is 2.28 bits per heavy atom. The van der Waals surface area contributed by atoms with Gasteiger partial charge in [0.1, 0.15) is 11.8 Å². The monoisotopic (exact) mass is 486 g/mol. The highest BCUT2D eigenvalue weighted by molar-refractivity contribution is 5.89. The number of amides is 2. The van der Waals surface area contributed by atoms with Gasteiger partial charge in [-0.15, -0.1) is 0 Å². The van der Waals surface area contributed by atoms with Gasteiger partial charge in [0, 0.05) is 19.0 Å². The van der Waals surface area contributed by atoms with Crippen LogP contribution in [0.25, 0.3) is 0 Å². The molecule has 0 radical (unpaired) electrons. The highest BCUT2D eigenvalue weighted by atomic mass is 16.5. The van der Waals surface area contributed by atoms with E-state index < -0.39 is 6.04 Å². The second kappa shape index (κ2) is 12.9. The molecule has 190 valence electrons. The minimum Gasteiger partial charge on any atom is -0.497 e. The molecule has 2 atom stereocenters. The van der Waals surface area contributed by atoms with Gasteiger partial charge in [-0.1, -0.05) is 67.6 Å². The molecular weight excluding hydrogens is 448 g/mol. The summed E-state index contributed by atoms with van der Waals surface area (Å²) >= 11 is 0. The summed E-state index contributed by atoms with van der Waals surface area (Å²) in [5, 5.41) is 3.12. The van der Waals surface area contributed by atoms with Crippen molar-refractivity contribution in [3.8, 4) is 5.75 Å². The van der Waals surface area contributed by atoms with E-state index in [9.17, 15) is 9.59 Å². The molecule has 2 amide bonds. The van der Waals surface area contributed by atoms with E-state index in [-0.39, 0.29) is 24.3 Å². The molecule has 0 unspecified atom stereocenters. The summed E-state index contributed by atoms with van der Waals surface area (Å²) in [7, 11) is 1.62. The van der Waals surface area contributed by atoms with Crippen LogP contribution in [0.1, 0.15) is 48.1 Å². The Hall–Kier alpha value is -3.60. The van der Waals surface area contributed by atoms with E-state index in [0.29, 0.717) is 13.0 Å². The number of nitrogens with one attached hydrogen (secondary N) is 1. The normalized spacial score (nSPS) is 12.5. The lowest BCUT2D eigenvalue weighted by Crippen LogP contribution is -2.52. The van der Waals surface area contributed by atoms with Crippen molar-refractivity contribution in [1.29, 1.82) is 0 Å². The first kappa shape index (κ1) is 27.0. The van der Waals surface area contributed by atoms with E-state index in [1.54, 1.807) is 12.0 Å². The Kier molecular flexibility index (Phi) is 9.69. The Bertz CT molecular complexity index is 1160. The van der Waals surface area contributed by atoms with Gasteiger partial charge >= 0.3 is 0 Å². The van der Waals surface area contributed by atoms with Crippen LogP contribution in [0, 0.1) is 13.8 Å². The average Bonchev–Trinajstić information content (AvgIpc) is 2.88. The van der Waals surface area contributed by atoms with Gasteiger partial charge in [0.2, 0.25) is 11.8 Å².